The molecule has 5 aromatic rings. The fraction of sp³-hybridized carbons (Fsp3) is 0.222. The van der Waals surface area contributed by atoms with Crippen LogP contribution in [-0.2, 0) is 25.9 Å². The van der Waals surface area contributed by atoms with Crippen molar-refractivity contribution in [3.05, 3.63) is 105 Å². The molecule has 0 aliphatic heterocycles. The van der Waals surface area contributed by atoms with Gasteiger partial charge in [-0.1, -0.05) is 42.5 Å². The van der Waals surface area contributed by atoms with Crippen molar-refractivity contribution in [2.24, 2.45) is 0 Å². The zero-order valence-corrected chi connectivity index (χ0v) is 19.0. The van der Waals surface area contributed by atoms with Crippen LogP contribution in [0.15, 0.2) is 78.1 Å². The smallest absolute Gasteiger partial charge is 0.262 e. The van der Waals surface area contributed by atoms with Gasteiger partial charge in [0.25, 0.3) is 5.56 Å². The van der Waals surface area contributed by atoms with Gasteiger partial charge in [0.15, 0.2) is 0 Å². The van der Waals surface area contributed by atoms with Crippen LogP contribution in [0.2, 0.25) is 0 Å². The first-order chi connectivity index (χ1) is 16.3. The standard InChI is InChI=1S/C27H24N4OS/c32-27-25-23-9-8-21(29-15-18-10-12-28-13-11-18)14-24(23)33-26(25)30-17-31(27)16-20-6-3-5-19-4-1-2-7-22(19)20/h1-7,10-13,17,21,29H,8-9,14-16H2. The predicted molar refractivity (Wildman–Crippen MR) is 134 cm³/mol. The minimum atomic E-state index is 0.0774. The molecule has 6 heteroatoms. The fourth-order valence-corrected chi connectivity index (χ4v) is 6.12. The van der Waals surface area contributed by atoms with E-state index in [1.54, 1.807) is 22.2 Å². The second-order valence-corrected chi connectivity index (χ2v) is 9.76. The second-order valence-electron chi connectivity index (χ2n) is 8.68. The maximum absolute atomic E-state index is 13.5. The highest BCUT2D eigenvalue weighted by Crippen LogP contribution is 2.34. The predicted octanol–water partition coefficient (Wildman–Crippen LogP) is 4.70. The molecule has 0 fully saturated rings. The SMILES string of the molecule is O=c1c2c3c(sc2ncn1Cc1cccc2ccccc12)CC(NCc1ccncc1)CC3. The van der Waals surface area contributed by atoms with E-state index < -0.39 is 0 Å². The number of hydrogen-bond donors (Lipinski definition) is 1. The van der Waals surface area contributed by atoms with Crippen LogP contribution in [0.4, 0.5) is 0 Å². The first-order valence-electron chi connectivity index (χ1n) is 11.3. The molecular weight excluding hydrogens is 428 g/mol. The number of benzene rings is 2. The van der Waals surface area contributed by atoms with Crippen molar-refractivity contribution in [2.75, 3.05) is 0 Å². The molecule has 1 atom stereocenters. The molecule has 0 amide bonds. The number of thiophene rings is 1. The van der Waals surface area contributed by atoms with Gasteiger partial charge in [0.2, 0.25) is 0 Å². The quantitative estimate of drug-likeness (QED) is 0.420. The van der Waals surface area contributed by atoms with Gasteiger partial charge in [-0.3, -0.25) is 14.3 Å². The minimum Gasteiger partial charge on any atom is -0.310 e. The third-order valence-corrected chi connectivity index (χ3v) is 7.76. The van der Waals surface area contributed by atoms with E-state index in [1.165, 1.54) is 26.8 Å². The van der Waals surface area contributed by atoms with Gasteiger partial charge in [-0.05, 0) is 58.9 Å². The average Bonchev–Trinajstić information content (AvgIpc) is 3.24. The number of aromatic nitrogens is 3. The first-order valence-corrected chi connectivity index (χ1v) is 12.2. The van der Waals surface area contributed by atoms with Gasteiger partial charge in [-0.25, -0.2) is 4.98 Å². The van der Waals surface area contributed by atoms with E-state index in [1.807, 2.05) is 36.7 Å². The lowest BCUT2D eigenvalue weighted by Crippen LogP contribution is -2.33. The van der Waals surface area contributed by atoms with Crippen molar-refractivity contribution in [2.45, 2.75) is 38.4 Å². The van der Waals surface area contributed by atoms with Gasteiger partial charge in [-0.2, -0.15) is 0 Å². The van der Waals surface area contributed by atoms with E-state index in [0.29, 0.717) is 12.6 Å². The molecule has 1 N–H and O–H groups in total. The number of nitrogens with zero attached hydrogens (tertiary/aromatic N) is 3. The van der Waals surface area contributed by atoms with Gasteiger partial charge in [0.05, 0.1) is 18.3 Å². The molecule has 0 radical (unpaired) electrons. The van der Waals surface area contributed by atoms with Crippen LogP contribution < -0.4 is 10.9 Å². The van der Waals surface area contributed by atoms with Crippen molar-refractivity contribution < 1.29 is 0 Å². The van der Waals surface area contributed by atoms with E-state index in [9.17, 15) is 4.79 Å². The summed E-state index contributed by atoms with van der Waals surface area (Å²) in [4.78, 5) is 24.5. The van der Waals surface area contributed by atoms with Crippen molar-refractivity contribution in [3.63, 3.8) is 0 Å². The van der Waals surface area contributed by atoms with Crippen LogP contribution in [0.3, 0.4) is 0 Å². The molecule has 5 nitrogen and oxygen atoms in total. The maximum Gasteiger partial charge on any atom is 0.262 e. The number of pyridine rings is 1. The van der Waals surface area contributed by atoms with Gasteiger partial charge in [0.1, 0.15) is 4.83 Å². The van der Waals surface area contributed by atoms with E-state index in [-0.39, 0.29) is 5.56 Å². The minimum absolute atomic E-state index is 0.0774. The van der Waals surface area contributed by atoms with Crippen molar-refractivity contribution in [1.82, 2.24) is 19.9 Å². The van der Waals surface area contributed by atoms with E-state index >= 15 is 0 Å². The number of fused-ring (bicyclic) bond motifs is 4. The Morgan fingerprint density at radius 1 is 1.06 bits per heavy atom. The monoisotopic (exact) mass is 452 g/mol. The molecule has 0 saturated heterocycles. The molecule has 164 valence electrons. The molecular formula is C27H24N4OS. The van der Waals surface area contributed by atoms with Crippen LogP contribution in [0.1, 0.15) is 28.0 Å². The Labute approximate surface area is 195 Å². The van der Waals surface area contributed by atoms with Crippen LogP contribution in [0.5, 0.6) is 0 Å². The molecule has 33 heavy (non-hydrogen) atoms. The molecule has 0 spiro atoms. The second kappa shape index (κ2) is 8.54. The van der Waals surface area contributed by atoms with Gasteiger partial charge < -0.3 is 5.32 Å². The topological polar surface area (TPSA) is 59.8 Å². The molecule has 1 aliphatic carbocycles. The summed E-state index contributed by atoms with van der Waals surface area (Å²) >= 11 is 1.68. The highest BCUT2D eigenvalue weighted by Gasteiger charge is 2.25. The summed E-state index contributed by atoms with van der Waals surface area (Å²) in [5, 5.41) is 6.87. The van der Waals surface area contributed by atoms with Crippen LogP contribution in [0.25, 0.3) is 21.0 Å². The average molecular weight is 453 g/mol. The van der Waals surface area contributed by atoms with E-state index in [0.717, 1.165) is 41.6 Å². The van der Waals surface area contributed by atoms with Crippen molar-refractivity contribution in [3.8, 4) is 0 Å². The van der Waals surface area contributed by atoms with E-state index in [4.69, 9.17) is 4.98 Å². The summed E-state index contributed by atoms with van der Waals surface area (Å²) in [5.41, 5.74) is 3.67. The Morgan fingerprint density at radius 2 is 1.91 bits per heavy atom. The maximum atomic E-state index is 13.5. The summed E-state index contributed by atoms with van der Waals surface area (Å²) < 4.78 is 1.77. The number of nitrogens with one attached hydrogen (secondary N) is 1. The van der Waals surface area contributed by atoms with Gasteiger partial charge in [0, 0.05) is 29.9 Å². The van der Waals surface area contributed by atoms with Crippen molar-refractivity contribution >= 4 is 32.3 Å². The third kappa shape index (κ3) is 3.86. The van der Waals surface area contributed by atoms with Crippen molar-refractivity contribution in [1.29, 1.82) is 0 Å². The molecule has 6 rings (SSSR count). The van der Waals surface area contributed by atoms with E-state index in [2.05, 4.69) is 40.6 Å². The lowest BCUT2D eigenvalue weighted by atomic mass is 9.93. The zero-order chi connectivity index (χ0) is 22.2. The number of aryl methyl sites for hydroxylation is 1. The van der Waals surface area contributed by atoms with Gasteiger partial charge >= 0.3 is 0 Å². The Hall–Kier alpha value is -3.35. The number of hydrogen-bond acceptors (Lipinski definition) is 5. The molecule has 1 aliphatic rings. The Bertz CT molecular complexity index is 1500. The molecule has 2 aromatic carbocycles. The summed E-state index contributed by atoms with van der Waals surface area (Å²) in [6.07, 6.45) is 8.27. The lowest BCUT2D eigenvalue weighted by molar-refractivity contribution is 0.462. The fourth-order valence-electron chi connectivity index (χ4n) is 4.86. The lowest BCUT2D eigenvalue weighted by Gasteiger charge is -2.23. The molecule has 0 saturated carbocycles. The normalized spacial score (nSPS) is 15.7. The molecule has 3 heterocycles. The van der Waals surface area contributed by atoms with Crippen LogP contribution in [0, 0.1) is 0 Å². The Balaban J connectivity index is 1.28. The molecule has 3 aromatic heterocycles. The summed E-state index contributed by atoms with van der Waals surface area (Å²) in [7, 11) is 0. The van der Waals surface area contributed by atoms with Crippen LogP contribution in [-0.4, -0.2) is 20.6 Å². The highest BCUT2D eigenvalue weighted by molar-refractivity contribution is 7.18. The molecule has 1 unspecified atom stereocenters. The van der Waals surface area contributed by atoms with Gasteiger partial charge in [-0.15, -0.1) is 11.3 Å². The first kappa shape index (κ1) is 20.3. The zero-order valence-electron chi connectivity index (χ0n) is 18.2. The Morgan fingerprint density at radius 3 is 2.82 bits per heavy atom. The summed E-state index contributed by atoms with van der Waals surface area (Å²) in [6, 6.07) is 19.1. The Kier molecular flexibility index (Phi) is 5.24. The molecule has 0 bridgehead atoms. The number of rotatable bonds is 5. The van der Waals surface area contributed by atoms with Crippen LogP contribution >= 0.6 is 11.3 Å². The third-order valence-electron chi connectivity index (χ3n) is 6.60. The highest BCUT2D eigenvalue weighted by atomic mass is 32.1. The largest absolute Gasteiger partial charge is 0.310 e. The summed E-state index contributed by atoms with van der Waals surface area (Å²) in [5.74, 6) is 0. The summed E-state index contributed by atoms with van der Waals surface area (Å²) in [6.45, 7) is 1.37.